The highest BCUT2D eigenvalue weighted by Crippen LogP contribution is 2.35. The van der Waals surface area contributed by atoms with Crippen LogP contribution in [0.5, 0.6) is 0 Å². The molecule has 2 amide bonds. The minimum atomic E-state index is -0.125. The standard InChI is InChI=1S/C17H25N3O2S/c1-13-4-5-15(23-13)9-19-6-7-20(14(2)21)12-17(11-19)8-16(22)18(3)10-17/h4-5H,6-12H2,1-3H3/t17-/m0/s1. The fourth-order valence-electron chi connectivity index (χ4n) is 3.86. The summed E-state index contributed by atoms with van der Waals surface area (Å²) < 4.78 is 0. The highest BCUT2D eigenvalue weighted by atomic mass is 32.1. The van der Waals surface area contributed by atoms with Crippen molar-refractivity contribution in [3.05, 3.63) is 21.9 Å². The lowest BCUT2D eigenvalue weighted by atomic mass is 9.86. The lowest BCUT2D eigenvalue weighted by Crippen LogP contribution is -2.43. The molecule has 3 heterocycles. The molecule has 0 N–H and O–H groups in total. The van der Waals surface area contributed by atoms with Gasteiger partial charge in [-0.05, 0) is 19.1 Å². The van der Waals surface area contributed by atoms with Crippen molar-refractivity contribution in [2.45, 2.75) is 26.8 Å². The van der Waals surface area contributed by atoms with Crippen molar-refractivity contribution < 1.29 is 9.59 Å². The lowest BCUT2D eigenvalue weighted by Gasteiger charge is -2.33. The summed E-state index contributed by atoms with van der Waals surface area (Å²) in [5.41, 5.74) is -0.125. The number of carbonyl (C=O) groups is 2. The quantitative estimate of drug-likeness (QED) is 0.824. The van der Waals surface area contributed by atoms with Crippen LogP contribution in [-0.4, -0.2) is 66.3 Å². The van der Waals surface area contributed by atoms with E-state index in [4.69, 9.17) is 0 Å². The Morgan fingerprint density at radius 1 is 1.26 bits per heavy atom. The number of hydrogen-bond acceptors (Lipinski definition) is 4. The molecule has 1 aromatic rings. The van der Waals surface area contributed by atoms with Gasteiger partial charge in [0.15, 0.2) is 0 Å². The van der Waals surface area contributed by atoms with Gasteiger partial charge in [-0.3, -0.25) is 14.5 Å². The van der Waals surface area contributed by atoms with E-state index in [0.29, 0.717) is 13.0 Å². The van der Waals surface area contributed by atoms with E-state index in [2.05, 4.69) is 24.0 Å². The minimum Gasteiger partial charge on any atom is -0.345 e. The van der Waals surface area contributed by atoms with E-state index >= 15 is 0 Å². The molecule has 126 valence electrons. The molecule has 0 aromatic carbocycles. The van der Waals surface area contributed by atoms with Crippen molar-refractivity contribution >= 4 is 23.2 Å². The number of nitrogens with zero attached hydrogens (tertiary/aromatic N) is 3. The van der Waals surface area contributed by atoms with Crippen LogP contribution in [0.2, 0.25) is 0 Å². The molecule has 2 aliphatic heterocycles. The van der Waals surface area contributed by atoms with Crippen LogP contribution in [-0.2, 0) is 16.1 Å². The van der Waals surface area contributed by atoms with Crippen molar-refractivity contribution in [2.75, 3.05) is 39.8 Å². The molecule has 2 aliphatic rings. The number of hydrogen-bond donors (Lipinski definition) is 0. The first kappa shape index (κ1) is 16.5. The second-order valence-electron chi connectivity index (χ2n) is 7.09. The third kappa shape index (κ3) is 3.58. The van der Waals surface area contributed by atoms with Crippen LogP contribution in [0.1, 0.15) is 23.1 Å². The summed E-state index contributed by atoms with van der Waals surface area (Å²) in [6.45, 7) is 8.60. The molecule has 0 saturated carbocycles. The molecule has 2 fully saturated rings. The van der Waals surface area contributed by atoms with Crippen molar-refractivity contribution in [1.29, 1.82) is 0 Å². The number of thiophene rings is 1. The highest BCUT2D eigenvalue weighted by molar-refractivity contribution is 7.11. The summed E-state index contributed by atoms with van der Waals surface area (Å²) in [7, 11) is 1.87. The van der Waals surface area contributed by atoms with E-state index in [9.17, 15) is 9.59 Å². The molecular formula is C17H25N3O2S. The molecule has 1 atom stereocenters. The second kappa shape index (κ2) is 6.24. The Morgan fingerprint density at radius 2 is 2.04 bits per heavy atom. The van der Waals surface area contributed by atoms with E-state index in [1.807, 2.05) is 28.2 Å². The molecule has 0 unspecified atom stereocenters. The Kier molecular flexibility index (Phi) is 4.47. The van der Waals surface area contributed by atoms with Gasteiger partial charge in [-0.1, -0.05) is 0 Å². The third-order valence-corrected chi connectivity index (χ3v) is 5.90. The van der Waals surface area contributed by atoms with Crippen molar-refractivity contribution in [3.8, 4) is 0 Å². The largest absolute Gasteiger partial charge is 0.345 e. The summed E-state index contributed by atoms with van der Waals surface area (Å²) >= 11 is 1.83. The topological polar surface area (TPSA) is 43.9 Å². The predicted molar refractivity (Wildman–Crippen MR) is 91.3 cm³/mol. The van der Waals surface area contributed by atoms with Crippen LogP contribution in [0.25, 0.3) is 0 Å². The Bertz CT molecular complexity index is 615. The Labute approximate surface area is 141 Å². The summed E-state index contributed by atoms with van der Waals surface area (Å²) in [5.74, 6) is 0.308. The highest BCUT2D eigenvalue weighted by Gasteiger charge is 2.45. The SMILES string of the molecule is CC(=O)N1CCN(Cc2ccc(C)s2)C[C@@]2(CC(=O)N(C)C2)C1. The molecule has 0 bridgehead atoms. The molecule has 5 nitrogen and oxygen atoms in total. The van der Waals surface area contributed by atoms with Crippen molar-refractivity contribution in [3.63, 3.8) is 0 Å². The first-order valence-corrected chi connectivity index (χ1v) is 8.96. The van der Waals surface area contributed by atoms with Gasteiger partial charge < -0.3 is 9.80 Å². The average Bonchev–Trinajstić information content (AvgIpc) is 2.91. The monoisotopic (exact) mass is 335 g/mol. The molecule has 3 rings (SSSR count). The summed E-state index contributed by atoms with van der Waals surface area (Å²) in [4.78, 5) is 32.9. The van der Waals surface area contributed by atoms with E-state index < -0.39 is 0 Å². The van der Waals surface area contributed by atoms with Crippen molar-refractivity contribution in [1.82, 2.24) is 14.7 Å². The van der Waals surface area contributed by atoms with E-state index in [-0.39, 0.29) is 17.2 Å². The first-order valence-electron chi connectivity index (χ1n) is 8.14. The van der Waals surface area contributed by atoms with E-state index in [1.54, 1.807) is 6.92 Å². The molecule has 23 heavy (non-hydrogen) atoms. The maximum absolute atomic E-state index is 12.1. The predicted octanol–water partition coefficient (Wildman–Crippen LogP) is 1.57. The smallest absolute Gasteiger partial charge is 0.223 e. The Morgan fingerprint density at radius 3 is 2.61 bits per heavy atom. The molecule has 1 spiro atoms. The van der Waals surface area contributed by atoms with Gasteiger partial charge in [0.2, 0.25) is 11.8 Å². The van der Waals surface area contributed by atoms with Crippen LogP contribution in [0.15, 0.2) is 12.1 Å². The molecule has 0 radical (unpaired) electrons. The van der Waals surface area contributed by atoms with E-state index in [0.717, 1.165) is 32.7 Å². The summed E-state index contributed by atoms with van der Waals surface area (Å²) in [5, 5.41) is 0. The fraction of sp³-hybridized carbons (Fsp3) is 0.647. The number of aryl methyl sites for hydroxylation is 1. The third-order valence-electron chi connectivity index (χ3n) is 4.92. The van der Waals surface area contributed by atoms with Gasteiger partial charge in [-0.25, -0.2) is 0 Å². The number of carbonyl (C=O) groups excluding carboxylic acids is 2. The Hall–Kier alpha value is -1.40. The maximum atomic E-state index is 12.1. The normalized spacial score (nSPS) is 26.1. The van der Waals surface area contributed by atoms with Crippen LogP contribution >= 0.6 is 11.3 Å². The van der Waals surface area contributed by atoms with Gasteiger partial charge in [0.1, 0.15) is 0 Å². The molecule has 0 aliphatic carbocycles. The van der Waals surface area contributed by atoms with Crippen LogP contribution in [0.4, 0.5) is 0 Å². The van der Waals surface area contributed by atoms with Gasteiger partial charge in [-0.2, -0.15) is 0 Å². The molecular weight excluding hydrogens is 310 g/mol. The maximum Gasteiger partial charge on any atom is 0.223 e. The zero-order valence-corrected chi connectivity index (χ0v) is 15.0. The molecule has 1 aromatic heterocycles. The van der Waals surface area contributed by atoms with Gasteiger partial charge in [0.05, 0.1) is 0 Å². The van der Waals surface area contributed by atoms with Gasteiger partial charge in [-0.15, -0.1) is 11.3 Å². The minimum absolute atomic E-state index is 0.111. The summed E-state index contributed by atoms with van der Waals surface area (Å²) in [6, 6.07) is 4.34. The van der Waals surface area contributed by atoms with Crippen LogP contribution in [0, 0.1) is 12.3 Å². The van der Waals surface area contributed by atoms with Crippen molar-refractivity contribution in [2.24, 2.45) is 5.41 Å². The Balaban J connectivity index is 1.80. The zero-order valence-electron chi connectivity index (χ0n) is 14.2. The van der Waals surface area contributed by atoms with Crippen LogP contribution in [0.3, 0.4) is 0 Å². The number of amides is 2. The zero-order chi connectivity index (χ0) is 16.6. The fourth-order valence-corrected chi connectivity index (χ4v) is 4.79. The lowest BCUT2D eigenvalue weighted by molar-refractivity contribution is -0.130. The van der Waals surface area contributed by atoms with Gasteiger partial charge in [0.25, 0.3) is 0 Å². The molecule has 6 heteroatoms. The van der Waals surface area contributed by atoms with Gasteiger partial charge in [0, 0.05) is 74.8 Å². The second-order valence-corrected chi connectivity index (χ2v) is 8.46. The number of rotatable bonds is 2. The van der Waals surface area contributed by atoms with Crippen LogP contribution < -0.4 is 0 Å². The average molecular weight is 335 g/mol. The molecule has 2 saturated heterocycles. The van der Waals surface area contributed by atoms with Gasteiger partial charge >= 0.3 is 0 Å². The summed E-state index contributed by atoms with van der Waals surface area (Å²) in [6.07, 6.45) is 0.549. The number of likely N-dealkylation sites (tertiary alicyclic amines) is 1. The van der Waals surface area contributed by atoms with E-state index in [1.165, 1.54) is 9.75 Å². The first-order chi connectivity index (χ1) is 10.9.